The van der Waals surface area contributed by atoms with Crippen LogP contribution in [0.4, 0.5) is 19.0 Å². The summed E-state index contributed by atoms with van der Waals surface area (Å²) in [5.74, 6) is 0.772. The molecule has 0 aliphatic carbocycles. The quantitative estimate of drug-likeness (QED) is 0.698. The summed E-state index contributed by atoms with van der Waals surface area (Å²) in [4.78, 5) is 8.25. The third-order valence-electron chi connectivity index (χ3n) is 5.04. The second-order valence-electron chi connectivity index (χ2n) is 6.98. The summed E-state index contributed by atoms with van der Waals surface area (Å²) < 4.78 is 38.1. The van der Waals surface area contributed by atoms with E-state index in [4.69, 9.17) is 0 Å². The first kappa shape index (κ1) is 19.3. The fourth-order valence-corrected chi connectivity index (χ4v) is 3.43. The number of rotatable bonds is 4. The number of aromatic amines is 1. The molecule has 1 fully saturated rings. The Bertz CT molecular complexity index is 945. The number of phenolic OH excluding ortho intramolecular Hbond substituents is 1. The predicted octanol–water partition coefficient (Wildman–Crippen LogP) is 3.52. The van der Waals surface area contributed by atoms with Crippen molar-refractivity contribution in [3.63, 3.8) is 0 Å². The molecule has 2 aromatic heterocycles. The lowest BCUT2D eigenvalue weighted by Gasteiger charge is -2.35. The third kappa shape index (κ3) is 4.34. The SMILES string of the molecule is Oc1ccc(-c2[nH]ncc2CN2CCN(c3ccc(C(F)(F)F)cn3)CC2)cc1. The van der Waals surface area contributed by atoms with Crippen molar-refractivity contribution >= 4 is 5.82 Å². The minimum Gasteiger partial charge on any atom is -0.508 e. The van der Waals surface area contributed by atoms with Gasteiger partial charge >= 0.3 is 6.18 Å². The van der Waals surface area contributed by atoms with Gasteiger partial charge in [-0.3, -0.25) is 10.00 Å². The van der Waals surface area contributed by atoms with Gasteiger partial charge in [-0.2, -0.15) is 18.3 Å². The first-order valence-electron chi connectivity index (χ1n) is 9.22. The number of nitrogens with one attached hydrogen (secondary N) is 1. The Balaban J connectivity index is 1.37. The van der Waals surface area contributed by atoms with Gasteiger partial charge in [0.15, 0.2) is 0 Å². The van der Waals surface area contributed by atoms with Gasteiger partial charge in [-0.15, -0.1) is 0 Å². The summed E-state index contributed by atoms with van der Waals surface area (Å²) in [7, 11) is 0. The highest BCUT2D eigenvalue weighted by Gasteiger charge is 2.31. The maximum atomic E-state index is 12.7. The van der Waals surface area contributed by atoms with E-state index in [9.17, 15) is 18.3 Å². The molecule has 1 aromatic carbocycles. The molecule has 0 unspecified atom stereocenters. The number of nitrogens with zero attached hydrogens (tertiary/aromatic N) is 4. The molecule has 6 nitrogen and oxygen atoms in total. The van der Waals surface area contributed by atoms with Gasteiger partial charge in [-0.25, -0.2) is 4.98 Å². The van der Waals surface area contributed by atoms with Crippen LogP contribution in [0.1, 0.15) is 11.1 Å². The molecule has 2 N–H and O–H groups in total. The zero-order chi connectivity index (χ0) is 20.4. The minimum absolute atomic E-state index is 0.211. The van der Waals surface area contributed by atoms with Crippen molar-refractivity contribution in [2.24, 2.45) is 0 Å². The molecule has 1 saturated heterocycles. The molecule has 0 atom stereocenters. The molecule has 4 rings (SSSR count). The van der Waals surface area contributed by atoms with Crippen LogP contribution in [0, 0.1) is 0 Å². The monoisotopic (exact) mass is 403 g/mol. The summed E-state index contributed by atoms with van der Waals surface area (Å²) >= 11 is 0. The lowest BCUT2D eigenvalue weighted by molar-refractivity contribution is -0.137. The van der Waals surface area contributed by atoms with Crippen LogP contribution >= 0.6 is 0 Å². The summed E-state index contributed by atoms with van der Waals surface area (Å²) in [6.45, 7) is 3.61. The van der Waals surface area contributed by atoms with Gasteiger partial charge in [0.05, 0.1) is 17.5 Å². The van der Waals surface area contributed by atoms with Gasteiger partial charge in [0.25, 0.3) is 0 Å². The molecule has 0 radical (unpaired) electrons. The van der Waals surface area contributed by atoms with Gasteiger partial charge in [-0.1, -0.05) is 0 Å². The summed E-state index contributed by atoms with van der Waals surface area (Å²) in [5, 5.41) is 16.6. The number of halogens is 3. The maximum Gasteiger partial charge on any atom is 0.417 e. The smallest absolute Gasteiger partial charge is 0.417 e. The molecule has 1 aliphatic heterocycles. The zero-order valence-corrected chi connectivity index (χ0v) is 15.5. The van der Waals surface area contributed by atoms with E-state index in [-0.39, 0.29) is 5.75 Å². The lowest BCUT2D eigenvalue weighted by atomic mass is 10.1. The van der Waals surface area contributed by atoms with Crippen LogP contribution in [0.5, 0.6) is 5.75 Å². The van der Waals surface area contributed by atoms with E-state index < -0.39 is 11.7 Å². The number of anilines is 1. The standard InChI is InChI=1S/C20H20F3N5O/c21-20(22,23)16-3-6-18(24-12-16)28-9-7-27(8-10-28)13-15-11-25-26-19(15)14-1-4-17(29)5-2-14/h1-6,11-12,29H,7-10,13H2,(H,25,26). The van der Waals surface area contributed by atoms with Crippen molar-refractivity contribution < 1.29 is 18.3 Å². The van der Waals surface area contributed by atoms with E-state index in [2.05, 4.69) is 20.1 Å². The Morgan fingerprint density at radius 1 is 0.966 bits per heavy atom. The normalized spacial score (nSPS) is 15.6. The van der Waals surface area contributed by atoms with Crippen LogP contribution in [0.3, 0.4) is 0 Å². The number of aromatic hydroxyl groups is 1. The number of phenols is 1. The number of hydrogen-bond acceptors (Lipinski definition) is 5. The van der Waals surface area contributed by atoms with Crippen molar-refractivity contribution in [3.8, 4) is 17.0 Å². The van der Waals surface area contributed by atoms with E-state index in [1.54, 1.807) is 18.3 Å². The highest BCUT2D eigenvalue weighted by atomic mass is 19.4. The Morgan fingerprint density at radius 2 is 1.69 bits per heavy atom. The zero-order valence-electron chi connectivity index (χ0n) is 15.5. The molecule has 0 amide bonds. The number of hydrogen-bond donors (Lipinski definition) is 2. The molecule has 3 heterocycles. The first-order valence-corrected chi connectivity index (χ1v) is 9.22. The van der Waals surface area contributed by atoms with Crippen molar-refractivity contribution in [1.82, 2.24) is 20.1 Å². The average molecular weight is 403 g/mol. The number of alkyl halides is 3. The van der Waals surface area contributed by atoms with Crippen LogP contribution in [0.15, 0.2) is 48.8 Å². The van der Waals surface area contributed by atoms with Crippen LogP contribution in [0.25, 0.3) is 11.3 Å². The summed E-state index contributed by atoms with van der Waals surface area (Å²) in [6.07, 6.45) is -1.69. The molecule has 0 bridgehead atoms. The van der Waals surface area contributed by atoms with E-state index in [0.717, 1.165) is 42.2 Å². The average Bonchev–Trinajstić information content (AvgIpc) is 3.17. The molecule has 29 heavy (non-hydrogen) atoms. The fraction of sp³-hybridized carbons (Fsp3) is 0.300. The molecule has 9 heteroatoms. The molecule has 0 saturated carbocycles. The van der Waals surface area contributed by atoms with Crippen molar-refractivity contribution in [2.75, 3.05) is 31.1 Å². The van der Waals surface area contributed by atoms with Gasteiger partial charge in [-0.05, 0) is 36.4 Å². The van der Waals surface area contributed by atoms with E-state index in [1.807, 2.05) is 17.0 Å². The van der Waals surface area contributed by atoms with Crippen molar-refractivity contribution in [2.45, 2.75) is 12.7 Å². The van der Waals surface area contributed by atoms with Crippen LogP contribution in [0.2, 0.25) is 0 Å². The third-order valence-corrected chi connectivity index (χ3v) is 5.04. The Morgan fingerprint density at radius 3 is 2.31 bits per heavy atom. The van der Waals surface area contributed by atoms with Gasteiger partial charge in [0, 0.05) is 50.0 Å². The summed E-state index contributed by atoms with van der Waals surface area (Å²) in [5.41, 5.74) is 2.18. The molecular formula is C20H20F3N5O. The Hall–Kier alpha value is -3.07. The fourth-order valence-electron chi connectivity index (χ4n) is 3.43. The van der Waals surface area contributed by atoms with Crippen LogP contribution in [-0.4, -0.2) is 51.4 Å². The first-order chi connectivity index (χ1) is 13.9. The molecule has 3 aromatic rings. The van der Waals surface area contributed by atoms with E-state index in [0.29, 0.717) is 25.5 Å². The van der Waals surface area contributed by atoms with Gasteiger partial charge in [0.1, 0.15) is 11.6 Å². The van der Waals surface area contributed by atoms with Gasteiger partial charge in [0.2, 0.25) is 0 Å². The summed E-state index contributed by atoms with van der Waals surface area (Å²) in [6, 6.07) is 9.44. The topological polar surface area (TPSA) is 68.3 Å². The minimum atomic E-state index is -4.37. The second-order valence-corrected chi connectivity index (χ2v) is 6.98. The highest BCUT2D eigenvalue weighted by Crippen LogP contribution is 2.30. The maximum absolute atomic E-state index is 12.7. The van der Waals surface area contributed by atoms with E-state index in [1.165, 1.54) is 6.07 Å². The van der Waals surface area contributed by atoms with Crippen molar-refractivity contribution in [3.05, 3.63) is 59.9 Å². The van der Waals surface area contributed by atoms with Crippen LogP contribution < -0.4 is 4.90 Å². The molecule has 1 aliphatic rings. The van der Waals surface area contributed by atoms with Crippen LogP contribution in [-0.2, 0) is 12.7 Å². The molecule has 152 valence electrons. The number of aromatic nitrogens is 3. The number of H-pyrrole nitrogens is 1. The number of piperazine rings is 1. The second kappa shape index (κ2) is 7.75. The molecular weight excluding hydrogens is 383 g/mol. The number of benzene rings is 1. The molecule has 0 spiro atoms. The predicted molar refractivity (Wildman–Crippen MR) is 102 cm³/mol. The largest absolute Gasteiger partial charge is 0.508 e. The van der Waals surface area contributed by atoms with E-state index >= 15 is 0 Å². The Labute approximate surface area is 165 Å². The Kier molecular flexibility index (Phi) is 5.14. The van der Waals surface area contributed by atoms with Crippen molar-refractivity contribution in [1.29, 1.82) is 0 Å². The van der Waals surface area contributed by atoms with Gasteiger partial charge < -0.3 is 10.0 Å². The highest BCUT2D eigenvalue weighted by molar-refractivity contribution is 5.63. The lowest BCUT2D eigenvalue weighted by Crippen LogP contribution is -2.46. The number of pyridine rings is 1.